The van der Waals surface area contributed by atoms with Crippen molar-refractivity contribution in [1.29, 1.82) is 0 Å². The van der Waals surface area contributed by atoms with E-state index >= 15 is 0 Å². The maximum atomic E-state index is 12.3. The van der Waals surface area contributed by atoms with E-state index in [1.165, 1.54) is 11.8 Å². The molecule has 1 aromatic carbocycles. The molecule has 1 amide bonds. The Balaban J connectivity index is 2.08. The van der Waals surface area contributed by atoms with Crippen LogP contribution in [-0.4, -0.2) is 35.0 Å². The van der Waals surface area contributed by atoms with Crippen LogP contribution in [0.5, 0.6) is 0 Å². The fraction of sp³-hybridized carbons (Fsp3) is 0.450. The number of hydrogen-bond acceptors (Lipinski definition) is 5. The minimum absolute atomic E-state index is 0.0426. The van der Waals surface area contributed by atoms with Crippen molar-refractivity contribution in [3.8, 4) is 0 Å². The third kappa shape index (κ3) is 6.40. The molecule has 0 aliphatic heterocycles. The summed E-state index contributed by atoms with van der Waals surface area (Å²) in [6.07, 6.45) is 0.905. The summed E-state index contributed by atoms with van der Waals surface area (Å²) in [6, 6.07) is 9.61. The second-order valence-electron chi connectivity index (χ2n) is 6.28. The van der Waals surface area contributed by atoms with E-state index in [2.05, 4.69) is 41.0 Å². The highest BCUT2D eigenvalue weighted by molar-refractivity contribution is 7.98. The van der Waals surface area contributed by atoms with Crippen molar-refractivity contribution in [2.75, 3.05) is 18.0 Å². The Hall–Kier alpha value is -1.79. The van der Waals surface area contributed by atoms with Crippen LogP contribution in [0.4, 0.5) is 5.82 Å². The number of amides is 1. The third-order valence-corrected chi connectivity index (χ3v) is 5.41. The van der Waals surface area contributed by atoms with Gasteiger partial charge >= 0.3 is 0 Å². The van der Waals surface area contributed by atoms with Gasteiger partial charge in [-0.1, -0.05) is 42.4 Å². The Morgan fingerprint density at radius 1 is 1.22 bits per heavy atom. The maximum absolute atomic E-state index is 12.3. The standard InChI is InChI=1S/C20H27ClN4OS/c1-5-14(4)22-19(26)16-10-8-9-15(11-16)13-27-20-23-17(21)12-18(24-20)25(6-2)7-3/h8-12,14H,5-7,13H2,1-4H3,(H,22,26)/t14-/m1/s1. The second-order valence-corrected chi connectivity index (χ2v) is 7.61. The summed E-state index contributed by atoms with van der Waals surface area (Å²) in [5.74, 6) is 1.46. The topological polar surface area (TPSA) is 58.1 Å². The van der Waals surface area contributed by atoms with Gasteiger partial charge in [0.1, 0.15) is 11.0 Å². The highest BCUT2D eigenvalue weighted by atomic mass is 35.5. The lowest BCUT2D eigenvalue weighted by atomic mass is 10.1. The number of nitrogens with zero attached hydrogens (tertiary/aromatic N) is 3. The number of nitrogens with one attached hydrogen (secondary N) is 1. The zero-order valence-electron chi connectivity index (χ0n) is 16.3. The van der Waals surface area contributed by atoms with E-state index in [4.69, 9.17) is 11.6 Å². The molecule has 146 valence electrons. The molecular formula is C20H27ClN4OS. The fourth-order valence-corrected chi connectivity index (χ4v) is 3.54. The number of anilines is 1. The van der Waals surface area contributed by atoms with Crippen molar-refractivity contribution in [3.05, 3.63) is 46.6 Å². The highest BCUT2D eigenvalue weighted by Crippen LogP contribution is 2.25. The Morgan fingerprint density at radius 3 is 2.63 bits per heavy atom. The first-order chi connectivity index (χ1) is 13.0. The summed E-state index contributed by atoms with van der Waals surface area (Å²) in [6.45, 7) is 9.95. The van der Waals surface area contributed by atoms with Gasteiger partial charge in [-0.25, -0.2) is 9.97 Å². The molecule has 1 aromatic heterocycles. The molecule has 27 heavy (non-hydrogen) atoms. The molecule has 0 saturated carbocycles. The highest BCUT2D eigenvalue weighted by Gasteiger charge is 2.11. The van der Waals surface area contributed by atoms with Crippen LogP contribution >= 0.6 is 23.4 Å². The monoisotopic (exact) mass is 406 g/mol. The van der Waals surface area contributed by atoms with Gasteiger partial charge < -0.3 is 10.2 Å². The van der Waals surface area contributed by atoms with Crippen LogP contribution in [-0.2, 0) is 5.75 Å². The molecule has 2 aromatic rings. The van der Waals surface area contributed by atoms with Crippen molar-refractivity contribution in [1.82, 2.24) is 15.3 Å². The Morgan fingerprint density at radius 2 is 1.96 bits per heavy atom. The van der Waals surface area contributed by atoms with E-state index in [1.54, 1.807) is 6.07 Å². The second kappa shape index (κ2) is 10.5. The van der Waals surface area contributed by atoms with Gasteiger partial charge in [0.25, 0.3) is 5.91 Å². The number of thioether (sulfide) groups is 1. The van der Waals surface area contributed by atoms with Gasteiger partial charge in [0.2, 0.25) is 0 Å². The van der Waals surface area contributed by atoms with Crippen LogP contribution in [0, 0.1) is 0 Å². The van der Waals surface area contributed by atoms with Crippen molar-refractivity contribution < 1.29 is 4.79 Å². The molecule has 0 spiro atoms. The first kappa shape index (κ1) is 21.5. The molecule has 0 aliphatic rings. The predicted octanol–water partition coefficient (Wildman–Crippen LogP) is 4.80. The molecule has 0 unspecified atom stereocenters. The van der Waals surface area contributed by atoms with Crippen molar-refractivity contribution in [3.63, 3.8) is 0 Å². The lowest BCUT2D eigenvalue weighted by Crippen LogP contribution is -2.31. The quantitative estimate of drug-likeness (QED) is 0.368. The van der Waals surface area contributed by atoms with Crippen molar-refractivity contribution in [2.45, 2.75) is 51.1 Å². The smallest absolute Gasteiger partial charge is 0.251 e. The van der Waals surface area contributed by atoms with Crippen LogP contribution in [0.3, 0.4) is 0 Å². The lowest BCUT2D eigenvalue weighted by Gasteiger charge is -2.20. The maximum Gasteiger partial charge on any atom is 0.251 e. The van der Waals surface area contributed by atoms with E-state index in [9.17, 15) is 4.79 Å². The molecule has 0 bridgehead atoms. The molecule has 0 fully saturated rings. The first-order valence-corrected chi connectivity index (χ1v) is 10.6. The predicted molar refractivity (Wildman–Crippen MR) is 114 cm³/mol. The number of rotatable bonds is 9. The number of carbonyl (C=O) groups is 1. The molecule has 2 rings (SSSR count). The molecule has 1 heterocycles. The normalized spacial score (nSPS) is 11.9. The van der Waals surface area contributed by atoms with Gasteiger partial charge in [0, 0.05) is 36.5 Å². The van der Waals surface area contributed by atoms with Crippen LogP contribution in [0.2, 0.25) is 5.15 Å². The largest absolute Gasteiger partial charge is 0.357 e. The minimum atomic E-state index is -0.0426. The molecule has 7 heteroatoms. The zero-order chi connectivity index (χ0) is 19.8. The molecule has 1 N–H and O–H groups in total. The van der Waals surface area contributed by atoms with Gasteiger partial charge in [0.05, 0.1) is 0 Å². The number of halogens is 1. The Labute approximate surface area is 170 Å². The summed E-state index contributed by atoms with van der Waals surface area (Å²) in [5, 5.41) is 4.07. The van der Waals surface area contributed by atoms with E-state index in [-0.39, 0.29) is 11.9 Å². The van der Waals surface area contributed by atoms with Gasteiger partial charge in [-0.05, 0) is 44.9 Å². The molecule has 1 atom stereocenters. The summed E-state index contributed by atoms with van der Waals surface area (Å²) in [5.41, 5.74) is 1.72. The lowest BCUT2D eigenvalue weighted by molar-refractivity contribution is 0.0939. The first-order valence-electron chi connectivity index (χ1n) is 9.28. The summed E-state index contributed by atoms with van der Waals surface area (Å²) < 4.78 is 0. The van der Waals surface area contributed by atoms with Crippen LogP contribution in [0.15, 0.2) is 35.5 Å². The molecule has 5 nitrogen and oxygen atoms in total. The Kier molecular flexibility index (Phi) is 8.38. The summed E-state index contributed by atoms with van der Waals surface area (Å²) >= 11 is 7.69. The minimum Gasteiger partial charge on any atom is -0.357 e. The van der Waals surface area contributed by atoms with Gasteiger partial charge in [-0.3, -0.25) is 4.79 Å². The average molecular weight is 407 g/mol. The van der Waals surface area contributed by atoms with Gasteiger partial charge in [-0.2, -0.15) is 0 Å². The van der Waals surface area contributed by atoms with Crippen molar-refractivity contribution in [2.24, 2.45) is 0 Å². The van der Waals surface area contributed by atoms with Gasteiger partial charge in [0.15, 0.2) is 5.16 Å². The average Bonchev–Trinajstić information content (AvgIpc) is 2.67. The number of aromatic nitrogens is 2. The molecular weight excluding hydrogens is 380 g/mol. The van der Waals surface area contributed by atoms with Crippen LogP contribution in [0.25, 0.3) is 0 Å². The van der Waals surface area contributed by atoms with E-state index in [0.29, 0.717) is 21.6 Å². The summed E-state index contributed by atoms with van der Waals surface area (Å²) in [7, 11) is 0. The third-order valence-electron chi connectivity index (χ3n) is 4.30. The molecule has 0 saturated heterocycles. The van der Waals surface area contributed by atoms with E-state index in [1.807, 2.05) is 31.2 Å². The number of hydrogen-bond donors (Lipinski definition) is 1. The van der Waals surface area contributed by atoms with Gasteiger partial charge in [-0.15, -0.1) is 0 Å². The van der Waals surface area contributed by atoms with Crippen LogP contribution in [0.1, 0.15) is 50.0 Å². The Bertz CT molecular complexity index is 767. The van der Waals surface area contributed by atoms with Crippen LogP contribution < -0.4 is 10.2 Å². The van der Waals surface area contributed by atoms with E-state index in [0.717, 1.165) is 30.9 Å². The van der Waals surface area contributed by atoms with Crippen molar-refractivity contribution >= 4 is 35.1 Å². The summed E-state index contributed by atoms with van der Waals surface area (Å²) in [4.78, 5) is 23.4. The molecule has 0 aliphatic carbocycles. The molecule has 0 radical (unpaired) electrons. The fourth-order valence-electron chi connectivity index (χ4n) is 2.52. The van der Waals surface area contributed by atoms with E-state index < -0.39 is 0 Å². The SMILES string of the molecule is CC[C@@H](C)NC(=O)c1cccc(CSc2nc(Cl)cc(N(CC)CC)n2)c1. The zero-order valence-corrected chi connectivity index (χ0v) is 17.9. The number of carbonyl (C=O) groups excluding carboxylic acids is 1. The number of benzene rings is 1.